The van der Waals surface area contributed by atoms with Crippen LogP contribution in [0.4, 0.5) is 10.5 Å². The molecule has 0 aliphatic carbocycles. The van der Waals surface area contributed by atoms with Gasteiger partial charge in [-0.25, -0.2) is 4.79 Å². The van der Waals surface area contributed by atoms with Gasteiger partial charge >= 0.3 is 12.1 Å². The van der Waals surface area contributed by atoms with Gasteiger partial charge in [0.15, 0.2) is 17.2 Å². The summed E-state index contributed by atoms with van der Waals surface area (Å²) in [5.74, 6) is 0.450. The maximum atomic E-state index is 14.3. The lowest BCUT2D eigenvalue weighted by Crippen LogP contribution is -2.30. The van der Waals surface area contributed by atoms with E-state index in [9.17, 15) is 24.3 Å². The van der Waals surface area contributed by atoms with Gasteiger partial charge in [0.2, 0.25) is 6.79 Å². The summed E-state index contributed by atoms with van der Waals surface area (Å²) in [5, 5.41) is 12.5. The van der Waals surface area contributed by atoms with E-state index in [2.05, 4.69) is 4.98 Å². The van der Waals surface area contributed by atoms with Gasteiger partial charge in [-0.05, 0) is 56.7 Å². The number of ketones is 1. The number of hydrogen-bond acceptors (Lipinski definition) is 11. The minimum atomic E-state index is -0.853. The Hall–Kier alpha value is -5.53. The first-order valence-electron chi connectivity index (χ1n) is 15.3. The number of para-hydroxylation sites is 2. The zero-order valence-electron chi connectivity index (χ0n) is 26.9. The maximum Gasteiger partial charge on any atom is 0.419 e. The van der Waals surface area contributed by atoms with Crippen LogP contribution in [-0.4, -0.2) is 71.9 Å². The van der Waals surface area contributed by atoms with Crippen LogP contribution in [-0.2, 0) is 22.7 Å². The summed E-state index contributed by atoms with van der Waals surface area (Å²) in [6.45, 7) is 1.91. The third-order valence-electron chi connectivity index (χ3n) is 8.11. The fourth-order valence-electron chi connectivity index (χ4n) is 5.59. The highest BCUT2D eigenvalue weighted by molar-refractivity contribution is 6.15. The number of amides is 1. The van der Waals surface area contributed by atoms with Crippen LogP contribution in [0, 0.1) is 0 Å². The van der Waals surface area contributed by atoms with Gasteiger partial charge in [0.1, 0.15) is 11.5 Å². The van der Waals surface area contributed by atoms with E-state index in [0.717, 1.165) is 4.90 Å². The molecular formula is C35H34N4O9. The van der Waals surface area contributed by atoms with Gasteiger partial charge in [0.25, 0.3) is 5.56 Å². The molecule has 2 aromatic heterocycles. The number of aromatic nitrogens is 2. The summed E-state index contributed by atoms with van der Waals surface area (Å²) >= 11 is 0. The average molecular weight is 655 g/mol. The number of fused-ring (bicyclic) bond motifs is 6. The molecule has 0 saturated heterocycles. The molecule has 0 spiro atoms. The van der Waals surface area contributed by atoms with Crippen molar-refractivity contribution in [2.45, 2.75) is 32.9 Å². The van der Waals surface area contributed by atoms with Crippen molar-refractivity contribution in [1.29, 1.82) is 0 Å². The second-order valence-corrected chi connectivity index (χ2v) is 11.7. The minimum Gasteiger partial charge on any atom is -0.454 e. The zero-order valence-corrected chi connectivity index (χ0v) is 26.9. The summed E-state index contributed by atoms with van der Waals surface area (Å²) in [7, 11) is 5.27. The van der Waals surface area contributed by atoms with E-state index < -0.39 is 18.7 Å². The van der Waals surface area contributed by atoms with Crippen molar-refractivity contribution >= 4 is 56.1 Å². The minimum absolute atomic E-state index is 0.00879. The Balaban J connectivity index is 1.42. The summed E-state index contributed by atoms with van der Waals surface area (Å²) in [5.41, 5.74) is 1.47. The number of aliphatic hydroxyl groups excluding tert-OH is 1. The molecule has 0 unspecified atom stereocenters. The largest absolute Gasteiger partial charge is 0.454 e. The third kappa shape index (κ3) is 6.25. The van der Waals surface area contributed by atoms with E-state index in [0.29, 0.717) is 51.8 Å². The topological polar surface area (TPSA) is 150 Å². The highest BCUT2D eigenvalue weighted by Crippen LogP contribution is 2.39. The van der Waals surface area contributed by atoms with Crippen LogP contribution in [0.25, 0.3) is 32.6 Å². The van der Waals surface area contributed by atoms with E-state index in [1.807, 2.05) is 25.1 Å². The van der Waals surface area contributed by atoms with Crippen molar-refractivity contribution in [2.75, 3.05) is 39.4 Å². The standard InChI is InChI=1S/C35H34N4O9/c1-20(41)9-10-32(42)47-28-8-6-5-7-27(28)38(4)35(44)48-29-14-23-22(13-21(29)18-40)25-17-36-26-16-31-30(45-19-46-31)15-24(26)33(25)39(34(23)43)12-11-37(2)3/h5-8,13-17,40H,9-12,18-19H2,1-4H3. The number of anilines is 1. The number of carbonyl (C=O) groups excluding carboxylic acids is 3. The highest BCUT2D eigenvalue weighted by Gasteiger charge is 2.24. The number of hydrogen-bond donors (Lipinski definition) is 1. The fraction of sp³-hybridized carbons (Fsp3) is 0.286. The number of rotatable bonds is 10. The molecule has 1 aliphatic rings. The van der Waals surface area contributed by atoms with Crippen LogP contribution >= 0.6 is 0 Å². The number of carbonyl (C=O) groups is 3. The van der Waals surface area contributed by atoms with Crippen LogP contribution < -0.4 is 29.4 Å². The molecule has 0 saturated carbocycles. The Bertz CT molecular complexity index is 2160. The molecular weight excluding hydrogens is 620 g/mol. The van der Waals surface area contributed by atoms with Crippen LogP contribution in [0.1, 0.15) is 25.3 Å². The normalized spacial score (nSPS) is 12.2. The summed E-state index contributed by atoms with van der Waals surface area (Å²) in [6.07, 6.45) is 0.761. The second-order valence-electron chi connectivity index (χ2n) is 11.7. The van der Waals surface area contributed by atoms with Gasteiger partial charge in [0.05, 0.1) is 35.1 Å². The molecule has 0 fully saturated rings. The van der Waals surface area contributed by atoms with Crippen molar-refractivity contribution in [3.63, 3.8) is 0 Å². The number of aliphatic hydroxyl groups is 1. The monoisotopic (exact) mass is 654 g/mol. The number of esters is 1. The number of pyridine rings is 2. The molecule has 0 bridgehead atoms. The van der Waals surface area contributed by atoms with Crippen molar-refractivity contribution in [2.24, 2.45) is 0 Å². The van der Waals surface area contributed by atoms with Crippen molar-refractivity contribution in [3.05, 3.63) is 70.6 Å². The molecule has 3 heterocycles. The fourth-order valence-corrected chi connectivity index (χ4v) is 5.59. The SMILES string of the molecule is CC(=O)CCC(=O)Oc1ccccc1N(C)C(=O)Oc1cc2c(=O)n(CCN(C)C)c3c4cc5c(cc4ncc3c2cc1CO)OCO5. The maximum absolute atomic E-state index is 14.3. The van der Waals surface area contributed by atoms with E-state index >= 15 is 0 Å². The number of benzene rings is 3. The molecule has 0 radical (unpaired) electrons. The molecule has 0 atom stereocenters. The van der Waals surface area contributed by atoms with E-state index in [-0.39, 0.29) is 59.1 Å². The first-order valence-corrected chi connectivity index (χ1v) is 15.3. The highest BCUT2D eigenvalue weighted by atomic mass is 16.7. The predicted molar refractivity (Wildman–Crippen MR) is 178 cm³/mol. The van der Waals surface area contributed by atoms with Crippen LogP contribution in [0.15, 0.2) is 59.5 Å². The third-order valence-corrected chi connectivity index (χ3v) is 8.11. The average Bonchev–Trinajstić information content (AvgIpc) is 3.53. The smallest absolute Gasteiger partial charge is 0.419 e. The van der Waals surface area contributed by atoms with Gasteiger partial charge in [0, 0.05) is 55.2 Å². The van der Waals surface area contributed by atoms with E-state index in [1.165, 1.54) is 26.1 Å². The Morgan fingerprint density at radius 3 is 2.40 bits per heavy atom. The van der Waals surface area contributed by atoms with Gasteiger partial charge in [-0.1, -0.05) is 12.1 Å². The quantitative estimate of drug-likeness (QED) is 0.130. The lowest BCUT2D eigenvalue weighted by molar-refractivity contribution is -0.135. The molecule has 1 N–H and O–H groups in total. The molecule has 48 heavy (non-hydrogen) atoms. The molecule has 1 aliphatic heterocycles. The van der Waals surface area contributed by atoms with Crippen molar-refractivity contribution < 1.29 is 38.4 Å². The van der Waals surface area contributed by atoms with Gasteiger partial charge < -0.3 is 38.3 Å². The van der Waals surface area contributed by atoms with Crippen LogP contribution in [0.5, 0.6) is 23.0 Å². The zero-order chi connectivity index (χ0) is 34.1. The number of Topliss-reactive ketones (excluding diaryl/α,β-unsaturated/α-hetero) is 1. The van der Waals surface area contributed by atoms with Crippen molar-refractivity contribution in [1.82, 2.24) is 14.5 Å². The Labute approximate surface area is 274 Å². The lowest BCUT2D eigenvalue weighted by Gasteiger charge is -2.21. The molecule has 6 rings (SSSR count). The summed E-state index contributed by atoms with van der Waals surface area (Å²) in [6, 6.07) is 13.1. The molecule has 1 amide bonds. The molecule has 13 nitrogen and oxygen atoms in total. The molecule has 248 valence electrons. The number of ether oxygens (including phenoxy) is 4. The second kappa shape index (κ2) is 13.3. The summed E-state index contributed by atoms with van der Waals surface area (Å²) in [4.78, 5) is 59.1. The van der Waals surface area contributed by atoms with Gasteiger partial charge in [-0.2, -0.15) is 0 Å². The Morgan fingerprint density at radius 1 is 0.917 bits per heavy atom. The van der Waals surface area contributed by atoms with Gasteiger partial charge in [-0.3, -0.25) is 19.5 Å². The number of nitrogens with zero attached hydrogens (tertiary/aromatic N) is 4. The Kier molecular flexibility index (Phi) is 8.98. The number of likely N-dealkylation sites (N-methyl/N-ethyl adjacent to an activating group) is 1. The Morgan fingerprint density at radius 2 is 1.67 bits per heavy atom. The predicted octanol–water partition coefficient (Wildman–Crippen LogP) is 4.40. The summed E-state index contributed by atoms with van der Waals surface area (Å²) < 4.78 is 24.0. The van der Waals surface area contributed by atoms with Crippen LogP contribution in [0.3, 0.4) is 0 Å². The molecule has 3 aromatic carbocycles. The molecule has 13 heteroatoms. The van der Waals surface area contributed by atoms with Gasteiger partial charge in [-0.15, -0.1) is 0 Å². The van der Waals surface area contributed by atoms with E-state index in [1.54, 1.807) is 41.1 Å². The van der Waals surface area contributed by atoms with Crippen molar-refractivity contribution in [3.8, 4) is 23.0 Å². The molecule has 5 aromatic rings. The van der Waals surface area contributed by atoms with Crippen LogP contribution in [0.2, 0.25) is 0 Å². The van der Waals surface area contributed by atoms with E-state index in [4.69, 9.17) is 18.9 Å². The first-order chi connectivity index (χ1) is 23.0. The lowest BCUT2D eigenvalue weighted by atomic mass is 10.0. The first kappa shape index (κ1) is 32.4.